The van der Waals surface area contributed by atoms with Crippen molar-refractivity contribution in [2.75, 3.05) is 13.1 Å². The number of halogens is 1. The second kappa shape index (κ2) is 7.83. The zero-order chi connectivity index (χ0) is 17.6. The van der Waals surface area contributed by atoms with Crippen LogP contribution in [0.5, 0.6) is 0 Å². The van der Waals surface area contributed by atoms with Crippen LogP contribution < -0.4 is 5.32 Å². The van der Waals surface area contributed by atoms with Gasteiger partial charge in [0, 0.05) is 31.5 Å². The van der Waals surface area contributed by atoms with Gasteiger partial charge in [0.1, 0.15) is 11.5 Å². The molecule has 1 aromatic heterocycles. The Kier molecular flexibility index (Phi) is 5.33. The number of likely N-dealkylation sites (tertiary alicyclic amines) is 1. The van der Waals surface area contributed by atoms with Gasteiger partial charge in [-0.05, 0) is 30.5 Å². The fourth-order valence-electron chi connectivity index (χ4n) is 2.91. The molecule has 0 atom stereocenters. The minimum absolute atomic E-state index is 0.0203. The number of carbonyl (C=O) groups is 2. The lowest BCUT2D eigenvalue weighted by molar-refractivity contribution is -0.121. The number of hydrogen-bond donors (Lipinski definition) is 1. The van der Waals surface area contributed by atoms with Crippen molar-refractivity contribution in [1.29, 1.82) is 0 Å². The van der Waals surface area contributed by atoms with Crippen LogP contribution in [0.3, 0.4) is 0 Å². The van der Waals surface area contributed by atoms with E-state index in [0.717, 1.165) is 0 Å². The second-order valence-electron chi connectivity index (χ2n) is 6.03. The van der Waals surface area contributed by atoms with Gasteiger partial charge in [0.2, 0.25) is 5.91 Å². The largest absolute Gasteiger partial charge is 0.353 e. The normalized spacial score (nSPS) is 15.0. The van der Waals surface area contributed by atoms with E-state index in [0.29, 0.717) is 37.2 Å². The van der Waals surface area contributed by atoms with Crippen LogP contribution in [0.2, 0.25) is 0 Å². The molecule has 0 radical (unpaired) electrons. The van der Waals surface area contributed by atoms with E-state index in [1.165, 1.54) is 30.7 Å². The van der Waals surface area contributed by atoms with Crippen molar-refractivity contribution in [2.45, 2.75) is 25.3 Å². The Hall–Kier alpha value is -2.83. The van der Waals surface area contributed by atoms with Crippen molar-refractivity contribution in [1.82, 2.24) is 20.2 Å². The van der Waals surface area contributed by atoms with E-state index in [-0.39, 0.29) is 30.1 Å². The molecule has 6 nitrogen and oxygen atoms in total. The molecular weight excluding hydrogens is 323 g/mol. The molecule has 1 aliphatic rings. The van der Waals surface area contributed by atoms with Crippen LogP contribution in [-0.2, 0) is 11.2 Å². The van der Waals surface area contributed by atoms with Crippen LogP contribution >= 0.6 is 0 Å². The first-order valence-electron chi connectivity index (χ1n) is 8.21. The minimum atomic E-state index is -0.346. The van der Waals surface area contributed by atoms with Crippen molar-refractivity contribution < 1.29 is 14.0 Å². The van der Waals surface area contributed by atoms with E-state index in [1.54, 1.807) is 17.0 Å². The predicted octanol–water partition coefficient (Wildman–Crippen LogP) is 1.58. The maximum Gasteiger partial charge on any atom is 0.274 e. The SMILES string of the molecule is O=C(Cc1cccc(F)c1)NC1CCN(C(=O)c2cnccn2)CC1. The van der Waals surface area contributed by atoms with Crippen LogP contribution in [0.4, 0.5) is 4.39 Å². The van der Waals surface area contributed by atoms with E-state index in [2.05, 4.69) is 15.3 Å². The Morgan fingerprint density at radius 1 is 1.24 bits per heavy atom. The summed E-state index contributed by atoms with van der Waals surface area (Å²) >= 11 is 0. The highest BCUT2D eigenvalue weighted by Gasteiger charge is 2.25. The predicted molar refractivity (Wildman–Crippen MR) is 89.2 cm³/mol. The highest BCUT2D eigenvalue weighted by atomic mass is 19.1. The number of nitrogens with one attached hydrogen (secondary N) is 1. The third-order valence-electron chi connectivity index (χ3n) is 4.18. The summed E-state index contributed by atoms with van der Waals surface area (Å²) in [4.78, 5) is 34.0. The summed E-state index contributed by atoms with van der Waals surface area (Å²) in [5.41, 5.74) is 0.976. The molecule has 1 aliphatic heterocycles. The maximum absolute atomic E-state index is 13.2. The number of benzene rings is 1. The summed E-state index contributed by atoms with van der Waals surface area (Å²) in [6.07, 6.45) is 5.98. The van der Waals surface area contributed by atoms with Gasteiger partial charge in [-0.3, -0.25) is 14.6 Å². The van der Waals surface area contributed by atoms with Crippen LogP contribution in [0.15, 0.2) is 42.9 Å². The standard InChI is InChI=1S/C18H19FN4O2/c19-14-3-1-2-13(10-14)11-17(24)22-15-4-8-23(9-5-15)18(25)16-12-20-6-7-21-16/h1-3,6-7,10,12,15H,4-5,8-9,11H2,(H,22,24). The Bertz CT molecular complexity index is 746. The molecule has 1 fully saturated rings. The van der Waals surface area contributed by atoms with E-state index in [4.69, 9.17) is 0 Å². The molecule has 2 heterocycles. The molecule has 25 heavy (non-hydrogen) atoms. The molecule has 0 saturated carbocycles. The quantitative estimate of drug-likeness (QED) is 0.915. The van der Waals surface area contributed by atoms with E-state index in [1.807, 2.05) is 0 Å². The van der Waals surface area contributed by atoms with Gasteiger partial charge >= 0.3 is 0 Å². The van der Waals surface area contributed by atoms with E-state index < -0.39 is 0 Å². The summed E-state index contributed by atoms with van der Waals surface area (Å²) in [6.45, 7) is 1.11. The van der Waals surface area contributed by atoms with E-state index in [9.17, 15) is 14.0 Å². The van der Waals surface area contributed by atoms with Crippen molar-refractivity contribution in [2.24, 2.45) is 0 Å². The molecule has 130 valence electrons. The molecule has 1 aromatic carbocycles. The van der Waals surface area contributed by atoms with Crippen LogP contribution in [0.25, 0.3) is 0 Å². The fourth-order valence-corrected chi connectivity index (χ4v) is 2.91. The van der Waals surface area contributed by atoms with Crippen LogP contribution in [-0.4, -0.2) is 45.8 Å². The summed E-state index contributed by atoms with van der Waals surface area (Å²) in [5.74, 6) is -0.622. The van der Waals surface area contributed by atoms with Crippen molar-refractivity contribution >= 4 is 11.8 Å². The van der Waals surface area contributed by atoms with E-state index >= 15 is 0 Å². The molecule has 7 heteroatoms. The Morgan fingerprint density at radius 3 is 2.72 bits per heavy atom. The van der Waals surface area contributed by atoms with Gasteiger partial charge in [-0.2, -0.15) is 0 Å². The monoisotopic (exact) mass is 342 g/mol. The average Bonchev–Trinajstić information content (AvgIpc) is 2.62. The molecule has 0 spiro atoms. The van der Waals surface area contributed by atoms with Crippen LogP contribution in [0, 0.1) is 5.82 Å². The van der Waals surface area contributed by atoms with Gasteiger partial charge in [0.15, 0.2) is 0 Å². The third kappa shape index (κ3) is 4.59. The molecule has 3 rings (SSSR count). The highest BCUT2D eigenvalue weighted by molar-refractivity contribution is 5.92. The number of carbonyl (C=O) groups excluding carboxylic acids is 2. The zero-order valence-electron chi connectivity index (χ0n) is 13.7. The molecule has 1 N–H and O–H groups in total. The second-order valence-corrected chi connectivity index (χ2v) is 6.03. The molecular formula is C18H19FN4O2. The molecule has 0 bridgehead atoms. The van der Waals surface area contributed by atoms with Gasteiger partial charge in [0.25, 0.3) is 5.91 Å². The number of amides is 2. The zero-order valence-corrected chi connectivity index (χ0v) is 13.7. The summed E-state index contributed by atoms with van der Waals surface area (Å²) in [7, 11) is 0. The first-order valence-corrected chi connectivity index (χ1v) is 8.21. The van der Waals surface area contributed by atoms with Gasteiger partial charge in [0.05, 0.1) is 12.6 Å². The van der Waals surface area contributed by atoms with Gasteiger partial charge < -0.3 is 10.2 Å². The number of piperidine rings is 1. The average molecular weight is 342 g/mol. The lowest BCUT2D eigenvalue weighted by Gasteiger charge is -2.32. The fraction of sp³-hybridized carbons (Fsp3) is 0.333. The van der Waals surface area contributed by atoms with Crippen molar-refractivity contribution in [3.63, 3.8) is 0 Å². The lowest BCUT2D eigenvalue weighted by atomic mass is 10.0. The van der Waals surface area contributed by atoms with Gasteiger partial charge in [-0.1, -0.05) is 12.1 Å². The Labute approximate surface area is 145 Å². The van der Waals surface area contributed by atoms with Crippen molar-refractivity contribution in [3.05, 3.63) is 59.9 Å². The number of hydrogen-bond acceptors (Lipinski definition) is 4. The summed E-state index contributed by atoms with van der Waals surface area (Å²) in [6, 6.07) is 6.05. The topological polar surface area (TPSA) is 75.2 Å². The van der Waals surface area contributed by atoms with Crippen molar-refractivity contribution in [3.8, 4) is 0 Å². The molecule has 1 saturated heterocycles. The highest BCUT2D eigenvalue weighted by Crippen LogP contribution is 2.13. The molecule has 2 amide bonds. The minimum Gasteiger partial charge on any atom is -0.353 e. The van der Waals surface area contributed by atoms with Gasteiger partial charge in [-0.25, -0.2) is 9.37 Å². The van der Waals surface area contributed by atoms with Gasteiger partial charge in [-0.15, -0.1) is 0 Å². The molecule has 2 aromatic rings. The summed E-state index contributed by atoms with van der Waals surface area (Å²) < 4.78 is 13.2. The lowest BCUT2D eigenvalue weighted by Crippen LogP contribution is -2.47. The van der Waals surface area contributed by atoms with Crippen LogP contribution in [0.1, 0.15) is 28.9 Å². The molecule has 0 unspecified atom stereocenters. The Balaban J connectivity index is 1.47. The third-order valence-corrected chi connectivity index (χ3v) is 4.18. The number of aromatic nitrogens is 2. The number of rotatable bonds is 4. The Morgan fingerprint density at radius 2 is 2.04 bits per heavy atom. The first kappa shape index (κ1) is 17.0. The first-order chi connectivity index (χ1) is 12.1. The maximum atomic E-state index is 13.2. The number of nitrogens with zero attached hydrogens (tertiary/aromatic N) is 3. The smallest absolute Gasteiger partial charge is 0.274 e. The summed E-state index contributed by atoms with van der Waals surface area (Å²) in [5, 5.41) is 2.96. The molecule has 0 aliphatic carbocycles.